The Hall–Kier alpha value is -3.23. The fourth-order valence-corrected chi connectivity index (χ4v) is 2.30. The Kier molecular flexibility index (Phi) is 4.70. The summed E-state index contributed by atoms with van der Waals surface area (Å²) in [5.74, 6) is 0.134. The number of urea groups is 1. The van der Waals surface area contributed by atoms with Crippen LogP contribution in [0, 0.1) is 0 Å². The Balaban J connectivity index is 1.66. The van der Waals surface area contributed by atoms with Gasteiger partial charge in [0.2, 0.25) is 0 Å². The molecule has 9 heteroatoms. The first-order valence-electron chi connectivity index (χ1n) is 7.52. The molecule has 2 N–H and O–H groups in total. The lowest BCUT2D eigenvalue weighted by molar-refractivity contribution is -0.137. The highest BCUT2D eigenvalue weighted by atomic mass is 19.4. The topological polar surface area (TPSA) is 76.7 Å². The Labute approximate surface area is 145 Å². The number of halogens is 3. The molecule has 0 atom stereocenters. The van der Waals surface area contributed by atoms with Crippen molar-refractivity contribution in [3.8, 4) is 11.5 Å². The van der Waals surface area contributed by atoms with Gasteiger partial charge in [-0.05, 0) is 36.4 Å². The molecule has 1 aliphatic heterocycles. The lowest BCUT2D eigenvalue weighted by Crippen LogP contribution is -2.34. The maximum atomic E-state index is 12.7. The predicted molar refractivity (Wildman–Crippen MR) is 85.4 cm³/mol. The summed E-state index contributed by atoms with van der Waals surface area (Å²) in [6, 6.07) is 7.53. The second kappa shape index (κ2) is 6.95. The third-order valence-corrected chi connectivity index (χ3v) is 3.48. The molecule has 0 spiro atoms. The van der Waals surface area contributed by atoms with E-state index in [0.29, 0.717) is 24.7 Å². The molecule has 26 heavy (non-hydrogen) atoms. The van der Waals surface area contributed by atoms with Crippen LogP contribution in [0.15, 0.2) is 42.5 Å². The van der Waals surface area contributed by atoms with Crippen LogP contribution in [-0.4, -0.2) is 25.2 Å². The van der Waals surface area contributed by atoms with E-state index in [9.17, 15) is 22.8 Å². The number of hydrogen-bond acceptors (Lipinski definition) is 4. The van der Waals surface area contributed by atoms with E-state index in [-0.39, 0.29) is 11.3 Å². The first kappa shape index (κ1) is 17.6. The molecule has 136 valence electrons. The molecule has 0 radical (unpaired) electrons. The predicted octanol–water partition coefficient (Wildman–Crippen LogP) is 3.44. The summed E-state index contributed by atoms with van der Waals surface area (Å²) >= 11 is 0. The number of carbonyl (C=O) groups is 2. The van der Waals surface area contributed by atoms with Crippen LogP contribution in [0.3, 0.4) is 0 Å². The van der Waals surface area contributed by atoms with Crippen molar-refractivity contribution in [2.75, 3.05) is 18.5 Å². The number of alkyl halides is 3. The number of benzene rings is 2. The van der Waals surface area contributed by atoms with Crippen LogP contribution < -0.4 is 20.1 Å². The van der Waals surface area contributed by atoms with Gasteiger partial charge in [0.1, 0.15) is 13.2 Å². The lowest BCUT2D eigenvalue weighted by atomic mass is 10.2. The van der Waals surface area contributed by atoms with E-state index in [2.05, 4.69) is 5.32 Å². The molecule has 1 heterocycles. The van der Waals surface area contributed by atoms with Gasteiger partial charge in [-0.1, -0.05) is 6.07 Å². The third-order valence-electron chi connectivity index (χ3n) is 3.48. The number of ether oxygens (including phenoxy) is 2. The summed E-state index contributed by atoms with van der Waals surface area (Å²) in [4.78, 5) is 24.0. The van der Waals surface area contributed by atoms with Crippen LogP contribution in [0.5, 0.6) is 11.5 Å². The minimum absolute atomic E-state index is 0.0905. The molecule has 1 aliphatic rings. The highest BCUT2D eigenvalue weighted by molar-refractivity contribution is 6.08. The van der Waals surface area contributed by atoms with Crippen LogP contribution >= 0.6 is 0 Å². The SMILES string of the molecule is O=C(NC(=O)c1ccc2c(c1)OCCO2)Nc1cccc(C(F)(F)F)c1. The first-order valence-corrected chi connectivity index (χ1v) is 7.52. The van der Waals surface area contributed by atoms with Crippen molar-refractivity contribution in [3.05, 3.63) is 53.6 Å². The molecule has 0 saturated heterocycles. The zero-order valence-electron chi connectivity index (χ0n) is 13.2. The zero-order chi connectivity index (χ0) is 18.7. The maximum Gasteiger partial charge on any atom is 0.416 e. The van der Waals surface area contributed by atoms with Gasteiger partial charge < -0.3 is 14.8 Å². The zero-order valence-corrected chi connectivity index (χ0v) is 13.2. The number of rotatable bonds is 2. The van der Waals surface area contributed by atoms with Gasteiger partial charge in [-0.25, -0.2) is 4.79 Å². The molecule has 0 aromatic heterocycles. The Morgan fingerprint density at radius 2 is 1.69 bits per heavy atom. The molecular formula is C17H13F3N2O4. The van der Waals surface area contributed by atoms with Crippen molar-refractivity contribution < 1.29 is 32.2 Å². The number of nitrogens with one attached hydrogen (secondary N) is 2. The third kappa shape index (κ3) is 4.05. The van der Waals surface area contributed by atoms with Crippen LogP contribution in [0.25, 0.3) is 0 Å². The van der Waals surface area contributed by atoms with Gasteiger partial charge in [0.25, 0.3) is 5.91 Å². The van der Waals surface area contributed by atoms with Crippen molar-refractivity contribution in [3.63, 3.8) is 0 Å². The van der Waals surface area contributed by atoms with Crippen LogP contribution in [0.1, 0.15) is 15.9 Å². The summed E-state index contributed by atoms with van der Waals surface area (Å²) in [5, 5.41) is 4.23. The Bertz CT molecular complexity index is 852. The van der Waals surface area contributed by atoms with Crippen LogP contribution in [0.4, 0.5) is 23.7 Å². The van der Waals surface area contributed by atoms with Gasteiger partial charge in [0.05, 0.1) is 5.56 Å². The first-order chi connectivity index (χ1) is 12.3. The highest BCUT2D eigenvalue weighted by Gasteiger charge is 2.30. The number of carbonyl (C=O) groups excluding carboxylic acids is 2. The minimum Gasteiger partial charge on any atom is -0.486 e. The van der Waals surface area contributed by atoms with Gasteiger partial charge in [-0.3, -0.25) is 10.1 Å². The average molecular weight is 366 g/mol. The molecule has 3 rings (SSSR count). The Morgan fingerprint density at radius 3 is 2.42 bits per heavy atom. The van der Waals surface area contributed by atoms with E-state index in [1.54, 1.807) is 0 Å². The van der Waals surface area contributed by atoms with Crippen molar-refractivity contribution in [2.24, 2.45) is 0 Å². The summed E-state index contributed by atoms with van der Waals surface area (Å²) in [6.45, 7) is 0.742. The van der Waals surface area contributed by atoms with Crippen molar-refractivity contribution >= 4 is 17.6 Å². The van der Waals surface area contributed by atoms with Gasteiger partial charge in [0.15, 0.2) is 11.5 Å². The van der Waals surface area contributed by atoms with Crippen molar-refractivity contribution in [1.82, 2.24) is 5.32 Å². The smallest absolute Gasteiger partial charge is 0.416 e. The number of anilines is 1. The molecule has 0 aliphatic carbocycles. The summed E-state index contributed by atoms with van der Waals surface area (Å²) in [5.41, 5.74) is -0.853. The Morgan fingerprint density at radius 1 is 0.962 bits per heavy atom. The van der Waals surface area contributed by atoms with Crippen molar-refractivity contribution in [1.29, 1.82) is 0 Å². The average Bonchev–Trinajstić information content (AvgIpc) is 2.60. The summed E-state index contributed by atoms with van der Waals surface area (Å²) in [6.07, 6.45) is -4.53. The number of hydrogen-bond donors (Lipinski definition) is 2. The van der Waals surface area contributed by atoms with Gasteiger partial charge in [-0.2, -0.15) is 13.2 Å². The second-order valence-corrected chi connectivity index (χ2v) is 5.35. The van der Waals surface area contributed by atoms with Gasteiger partial charge >= 0.3 is 12.2 Å². The molecule has 3 amide bonds. The van der Waals surface area contributed by atoms with Crippen LogP contribution in [-0.2, 0) is 6.18 Å². The molecule has 0 unspecified atom stereocenters. The van der Waals surface area contributed by atoms with E-state index >= 15 is 0 Å². The fraction of sp³-hybridized carbons (Fsp3) is 0.176. The number of fused-ring (bicyclic) bond motifs is 1. The van der Waals surface area contributed by atoms with E-state index in [1.165, 1.54) is 24.3 Å². The van der Waals surface area contributed by atoms with E-state index in [1.807, 2.05) is 5.32 Å². The fourth-order valence-electron chi connectivity index (χ4n) is 2.30. The maximum absolute atomic E-state index is 12.7. The minimum atomic E-state index is -4.53. The lowest BCUT2D eigenvalue weighted by Gasteiger charge is -2.18. The number of amides is 3. The van der Waals surface area contributed by atoms with Crippen LogP contribution in [0.2, 0.25) is 0 Å². The molecule has 2 aromatic carbocycles. The largest absolute Gasteiger partial charge is 0.486 e. The molecule has 0 saturated carbocycles. The molecule has 2 aromatic rings. The molecule has 0 bridgehead atoms. The monoisotopic (exact) mass is 366 g/mol. The molecular weight excluding hydrogens is 353 g/mol. The standard InChI is InChI=1S/C17H13F3N2O4/c18-17(19,20)11-2-1-3-12(9-11)21-16(24)22-15(23)10-4-5-13-14(8-10)26-7-6-25-13/h1-5,8-9H,6-7H2,(H2,21,22,23,24). The van der Waals surface area contributed by atoms with E-state index in [4.69, 9.17) is 9.47 Å². The van der Waals surface area contributed by atoms with E-state index < -0.39 is 23.7 Å². The quantitative estimate of drug-likeness (QED) is 0.854. The normalized spacial score (nSPS) is 13.0. The van der Waals surface area contributed by atoms with Crippen molar-refractivity contribution in [2.45, 2.75) is 6.18 Å². The number of imide groups is 1. The second-order valence-electron chi connectivity index (χ2n) is 5.35. The molecule has 6 nitrogen and oxygen atoms in total. The van der Waals surface area contributed by atoms with Gasteiger partial charge in [0, 0.05) is 11.3 Å². The van der Waals surface area contributed by atoms with E-state index in [0.717, 1.165) is 18.2 Å². The highest BCUT2D eigenvalue weighted by Crippen LogP contribution is 2.31. The molecule has 0 fully saturated rings. The summed E-state index contributed by atoms with van der Waals surface area (Å²) in [7, 11) is 0. The van der Waals surface area contributed by atoms with Gasteiger partial charge in [-0.15, -0.1) is 0 Å². The summed E-state index contributed by atoms with van der Waals surface area (Å²) < 4.78 is 48.7.